The smallest absolute Gasteiger partial charge is 0.241 e. The second kappa shape index (κ2) is 4.65. The number of carbonyl (C=O) groups excluding carboxylic acids is 1. The minimum atomic E-state index is -0.0294. The van der Waals surface area contributed by atoms with E-state index >= 15 is 0 Å². The molecule has 0 saturated carbocycles. The van der Waals surface area contributed by atoms with E-state index < -0.39 is 0 Å². The average Bonchev–Trinajstić information content (AvgIpc) is 2.15. The number of hydrogen-bond acceptors (Lipinski definition) is 6. The van der Waals surface area contributed by atoms with Crippen molar-refractivity contribution in [3.05, 3.63) is 6.07 Å². The molecule has 0 aliphatic carbocycles. The normalized spacial score (nSPS) is 9.94. The summed E-state index contributed by atoms with van der Waals surface area (Å²) in [5.74, 6) is 0.879. The van der Waals surface area contributed by atoms with Gasteiger partial charge in [0.2, 0.25) is 11.9 Å². The number of likely N-dealkylation sites (N-methyl/N-ethyl adjacent to an activating group) is 2. The maximum atomic E-state index is 11.5. The molecule has 0 spiro atoms. The predicted octanol–water partition coefficient (Wildman–Crippen LogP) is -0.835. The fourth-order valence-corrected chi connectivity index (χ4v) is 1.09. The molecule has 0 bridgehead atoms. The summed E-state index contributed by atoms with van der Waals surface area (Å²) in [6.07, 6.45) is 0. The van der Waals surface area contributed by atoms with Gasteiger partial charge in [-0.25, -0.2) is 0 Å². The van der Waals surface area contributed by atoms with Crippen molar-refractivity contribution in [3.8, 4) is 0 Å². The van der Waals surface area contributed by atoms with E-state index in [0.717, 1.165) is 0 Å². The Bertz CT molecular complexity index is 371. The van der Waals surface area contributed by atoms with E-state index in [1.165, 1.54) is 4.90 Å². The van der Waals surface area contributed by atoms with Crippen LogP contribution in [0.25, 0.3) is 0 Å². The molecule has 1 amide bonds. The van der Waals surface area contributed by atoms with E-state index in [9.17, 15) is 4.79 Å². The Hall–Kier alpha value is -2.05. The first kappa shape index (κ1) is 12.0. The lowest BCUT2D eigenvalue weighted by Gasteiger charge is -2.20. The van der Waals surface area contributed by atoms with Crippen LogP contribution in [0.3, 0.4) is 0 Å². The number of aromatic nitrogens is 2. The minimum absolute atomic E-state index is 0.0294. The monoisotopic (exact) mass is 224 g/mol. The van der Waals surface area contributed by atoms with Crippen LogP contribution in [0.4, 0.5) is 17.6 Å². The molecule has 16 heavy (non-hydrogen) atoms. The minimum Gasteiger partial charge on any atom is -0.383 e. The Kier molecular flexibility index (Phi) is 3.49. The number of nitrogen functional groups attached to an aromatic ring is 2. The summed E-state index contributed by atoms with van der Waals surface area (Å²) in [6, 6.07) is 1.57. The quantitative estimate of drug-likeness (QED) is 0.694. The van der Waals surface area contributed by atoms with Crippen LogP contribution in [-0.4, -0.2) is 48.5 Å². The molecule has 88 valence electrons. The zero-order valence-corrected chi connectivity index (χ0v) is 9.64. The second-order valence-electron chi connectivity index (χ2n) is 3.65. The predicted molar refractivity (Wildman–Crippen MR) is 62.8 cm³/mol. The van der Waals surface area contributed by atoms with E-state index in [1.807, 2.05) is 0 Å². The molecule has 1 rings (SSSR count). The Labute approximate surface area is 94.1 Å². The number of nitrogens with zero attached hydrogens (tertiary/aromatic N) is 4. The molecule has 1 aromatic heterocycles. The van der Waals surface area contributed by atoms with Gasteiger partial charge in [-0.1, -0.05) is 0 Å². The van der Waals surface area contributed by atoms with Crippen molar-refractivity contribution in [1.82, 2.24) is 14.9 Å². The van der Waals surface area contributed by atoms with Gasteiger partial charge in [0, 0.05) is 27.2 Å². The number of carbonyl (C=O) groups is 1. The molecule has 0 atom stereocenters. The molecular weight excluding hydrogens is 208 g/mol. The topological polar surface area (TPSA) is 101 Å². The Morgan fingerprint density at radius 3 is 2.44 bits per heavy atom. The molecule has 4 N–H and O–H groups in total. The van der Waals surface area contributed by atoms with Gasteiger partial charge in [0.1, 0.15) is 11.6 Å². The highest BCUT2D eigenvalue weighted by atomic mass is 16.2. The first-order valence-corrected chi connectivity index (χ1v) is 4.71. The fourth-order valence-electron chi connectivity index (χ4n) is 1.09. The van der Waals surface area contributed by atoms with E-state index in [1.54, 1.807) is 32.1 Å². The zero-order chi connectivity index (χ0) is 12.3. The van der Waals surface area contributed by atoms with E-state index in [4.69, 9.17) is 11.5 Å². The molecular formula is C9H16N6O. The molecule has 0 aromatic carbocycles. The molecule has 0 radical (unpaired) electrons. The Morgan fingerprint density at radius 2 is 1.94 bits per heavy atom. The number of anilines is 3. The van der Waals surface area contributed by atoms with Crippen LogP contribution in [0, 0.1) is 0 Å². The van der Waals surface area contributed by atoms with Crippen LogP contribution >= 0.6 is 0 Å². The molecule has 1 heterocycles. The van der Waals surface area contributed by atoms with Crippen LogP contribution in [0.1, 0.15) is 0 Å². The molecule has 0 saturated heterocycles. The summed E-state index contributed by atoms with van der Waals surface area (Å²) in [5, 5.41) is 0. The SMILES string of the molecule is CN(C)C(=O)CN(C)c1cc(N)nc(N)n1. The fraction of sp³-hybridized carbons (Fsp3) is 0.444. The number of rotatable bonds is 3. The largest absolute Gasteiger partial charge is 0.383 e. The molecule has 0 fully saturated rings. The van der Waals surface area contributed by atoms with Crippen molar-refractivity contribution in [3.63, 3.8) is 0 Å². The Balaban J connectivity index is 2.80. The Morgan fingerprint density at radius 1 is 1.31 bits per heavy atom. The highest BCUT2D eigenvalue weighted by molar-refractivity contribution is 5.80. The van der Waals surface area contributed by atoms with Gasteiger partial charge in [-0.15, -0.1) is 0 Å². The summed E-state index contributed by atoms with van der Waals surface area (Å²) in [7, 11) is 5.13. The zero-order valence-electron chi connectivity index (χ0n) is 9.64. The number of nitrogens with two attached hydrogens (primary N) is 2. The highest BCUT2D eigenvalue weighted by Crippen LogP contribution is 2.13. The highest BCUT2D eigenvalue weighted by Gasteiger charge is 2.11. The standard InChI is InChI=1S/C9H16N6O/c1-14(2)8(16)5-15(3)7-4-6(10)12-9(11)13-7/h4H,5H2,1-3H3,(H4,10,11,12,13). The van der Waals surface area contributed by atoms with Crippen LogP contribution in [-0.2, 0) is 4.79 Å². The van der Waals surface area contributed by atoms with Crippen LogP contribution in [0.2, 0.25) is 0 Å². The molecule has 0 unspecified atom stereocenters. The lowest BCUT2D eigenvalue weighted by Crippen LogP contribution is -2.34. The lowest BCUT2D eigenvalue weighted by molar-refractivity contribution is -0.127. The van der Waals surface area contributed by atoms with Crippen molar-refractivity contribution in [1.29, 1.82) is 0 Å². The van der Waals surface area contributed by atoms with Gasteiger partial charge in [-0.05, 0) is 0 Å². The van der Waals surface area contributed by atoms with Crippen molar-refractivity contribution in [2.45, 2.75) is 0 Å². The molecule has 7 nitrogen and oxygen atoms in total. The maximum absolute atomic E-state index is 11.5. The van der Waals surface area contributed by atoms with Crippen molar-refractivity contribution >= 4 is 23.5 Å². The summed E-state index contributed by atoms with van der Waals surface area (Å²) in [6.45, 7) is 0.211. The summed E-state index contributed by atoms with van der Waals surface area (Å²) in [4.78, 5) is 22.4. The van der Waals surface area contributed by atoms with Gasteiger partial charge < -0.3 is 21.3 Å². The summed E-state index contributed by atoms with van der Waals surface area (Å²) < 4.78 is 0. The van der Waals surface area contributed by atoms with Crippen molar-refractivity contribution in [2.24, 2.45) is 0 Å². The van der Waals surface area contributed by atoms with E-state index in [2.05, 4.69) is 9.97 Å². The first-order chi connectivity index (χ1) is 7.40. The van der Waals surface area contributed by atoms with Crippen LogP contribution in [0.5, 0.6) is 0 Å². The second-order valence-corrected chi connectivity index (χ2v) is 3.65. The van der Waals surface area contributed by atoms with Gasteiger partial charge in [-0.2, -0.15) is 9.97 Å². The van der Waals surface area contributed by atoms with Crippen molar-refractivity contribution in [2.75, 3.05) is 44.1 Å². The lowest BCUT2D eigenvalue weighted by atomic mass is 10.4. The van der Waals surface area contributed by atoms with E-state index in [-0.39, 0.29) is 24.2 Å². The average molecular weight is 224 g/mol. The molecule has 1 aromatic rings. The van der Waals surface area contributed by atoms with Gasteiger partial charge in [-0.3, -0.25) is 4.79 Å². The molecule has 0 aliphatic heterocycles. The summed E-state index contributed by atoms with van der Waals surface area (Å²) >= 11 is 0. The molecule has 7 heteroatoms. The summed E-state index contributed by atoms with van der Waals surface area (Å²) in [5.41, 5.74) is 11.0. The number of amides is 1. The van der Waals surface area contributed by atoms with Crippen LogP contribution < -0.4 is 16.4 Å². The van der Waals surface area contributed by atoms with Crippen LogP contribution in [0.15, 0.2) is 6.07 Å². The van der Waals surface area contributed by atoms with Gasteiger partial charge >= 0.3 is 0 Å². The number of hydrogen-bond donors (Lipinski definition) is 2. The van der Waals surface area contributed by atoms with Gasteiger partial charge in [0.25, 0.3) is 0 Å². The third kappa shape index (κ3) is 2.97. The van der Waals surface area contributed by atoms with Crippen molar-refractivity contribution < 1.29 is 4.79 Å². The third-order valence-electron chi connectivity index (χ3n) is 2.01. The molecule has 0 aliphatic rings. The van der Waals surface area contributed by atoms with Gasteiger partial charge in [0.15, 0.2) is 0 Å². The maximum Gasteiger partial charge on any atom is 0.241 e. The van der Waals surface area contributed by atoms with E-state index in [0.29, 0.717) is 5.82 Å². The third-order valence-corrected chi connectivity index (χ3v) is 2.01. The first-order valence-electron chi connectivity index (χ1n) is 4.71. The van der Waals surface area contributed by atoms with Gasteiger partial charge in [0.05, 0.1) is 6.54 Å².